The van der Waals surface area contributed by atoms with E-state index < -0.39 is 0 Å². The Morgan fingerprint density at radius 1 is 1.16 bits per heavy atom. The van der Waals surface area contributed by atoms with Gasteiger partial charge in [-0.1, -0.05) is 32.6 Å². The van der Waals surface area contributed by atoms with Crippen LogP contribution in [0.2, 0.25) is 0 Å². The van der Waals surface area contributed by atoms with Gasteiger partial charge in [0.15, 0.2) is 0 Å². The first-order valence-electron chi connectivity index (χ1n) is 7.69. The molecule has 1 rings (SSSR count). The fourth-order valence-electron chi connectivity index (χ4n) is 2.80. The molecule has 0 unspecified atom stereocenters. The van der Waals surface area contributed by atoms with Gasteiger partial charge < -0.3 is 10.2 Å². The van der Waals surface area contributed by atoms with Gasteiger partial charge in [-0.2, -0.15) is 0 Å². The molecule has 0 spiro atoms. The zero-order chi connectivity index (χ0) is 14.1. The lowest BCUT2D eigenvalue weighted by Gasteiger charge is -2.30. The Labute approximate surface area is 116 Å². The zero-order valence-electron chi connectivity index (χ0n) is 12.4. The van der Waals surface area contributed by atoms with Gasteiger partial charge >= 0.3 is 0 Å². The van der Waals surface area contributed by atoms with Crippen molar-refractivity contribution in [2.24, 2.45) is 0 Å². The van der Waals surface area contributed by atoms with Crippen molar-refractivity contribution in [1.82, 2.24) is 10.2 Å². The number of hydrogen-bond acceptors (Lipinski definition) is 2. The third kappa shape index (κ3) is 6.08. The molecule has 1 saturated carbocycles. The van der Waals surface area contributed by atoms with E-state index in [-0.39, 0.29) is 11.8 Å². The van der Waals surface area contributed by atoms with Crippen molar-refractivity contribution in [3.05, 3.63) is 0 Å². The smallest absolute Gasteiger partial charge is 0.220 e. The summed E-state index contributed by atoms with van der Waals surface area (Å²) in [7, 11) is 0. The van der Waals surface area contributed by atoms with E-state index in [1.807, 2.05) is 11.8 Å². The van der Waals surface area contributed by atoms with E-state index in [0.29, 0.717) is 25.6 Å². The number of nitrogens with one attached hydrogen (secondary N) is 1. The van der Waals surface area contributed by atoms with E-state index in [2.05, 4.69) is 5.32 Å². The summed E-state index contributed by atoms with van der Waals surface area (Å²) in [5.41, 5.74) is 0. The number of rotatable bonds is 6. The van der Waals surface area contributed by atoms with Crippen molar-refractivity contribution < 1.29 is 9.59 Å². The molecular formula is C15H28N2O2. The molecule has 0 bridgehead atoms. The second-order valence-corrected chi connectivity index (χ2v) is 5.46. The first-order chi connectivity index (χ1) is 9.15. The Bertz CT molecular complexity index is 284. The van der Waals surface area contributed by atoms with E-state index in [0.717, 1.165) is 19.3 Å². The molecule has 0 aliphatic heterocycles. The second-order valence-electron chi connectivity index (χ2n) is 5.46. The van der Waals surface area contributed by atoms with Gasteiger partial charge in [-0.15, -0.1) is 0 Å². The first kappa shape index (κ1) is 16.0. The number of amides is 2. The minimum Gasteiger partial charge on any atom is -0.354 e. The van der Waals surface area contributed by atoms with Gasteiger partial charge in [-0.05, 0) is 19.3 Å². The summed E-state index contributed by atoms with van der Waals surface area (Å²) < 4.78 is 0. The van der Waals surface area contributed by atoms with Gasteiger partial charge in [0.2, 0.25) is 11.8 Å². The monoisotopic (exact) mass is 268 g/mol. The molecule has 1 aliphatic rings. The van der Waals surface area contributed by atoms with Crippen LogP contribution in [0.4, 0.5) is 0 Å². The Kier molecular flexibility index (Phi) is 7.53. The Morgan fingerprint density at radius 3 is 2.32 bits per heavy atom. The van der Waals surface area contributed by atoms with Gasteiger partial charge in [-0.25, -0.2) is 0 Å². The maximum Gasteiger partial charge on any atom is 0.220 e. The van der Waals surface area contributed by atoms with E-state index in [1.165, 1.54) is 25.7 Å². The quantitative estimate of drug-likeness (QED) is 0.752. The predicted octanol–water partition coefficient (Wildman–Crippen LogP) is 2.47. The van der Waals surface area contributed by atoms with Gasteiger partial charge in [0.1, 0.15) is 0 Å². The molecular weight excluding hydrogens is 240 g/mol. The molecule has 2 amide bonds. The Balaban J connectivity index is 2.39. The van der Waals surface area contributed by atoms with Crippen LogP contribution in [0.15, 0.2) is 0 Å². The second kappa shape index (κ2) is 8.94. The summed E-state index contributed by atoms with van der Waals surface area (Å²) in [6.45, 7) is 4.86. The molecule has 19 heavy (non-hydrogen) atoms. The average Bonchev–Trinajstić information content (AvgIpc) is 2.63. The molecule has 110 valence electrons. The number of nitrogens with zero attached hydrogens (tertiary/aromatic N) is 1. The summed E-state index contributed by atoms with van der Waals surface area (Å²) in [4.78, 5) is 25.1. The van der Waals surface area contributed by atoms with Crippen LogP contribution in [-0.4, -0.2) is 35.8 Å². The Hall–Kier alpha value is -1.06. The molecule has 1 fully saturated rings. The summed E-state index contributed by atoms with van der Waals surface area (Å²) in [6.07, 6.45) is 8.68. The molecule has 0 saturated heterocycles. The van der Waals surface area contributed by atoms with Crippen LogP contribution in [0.25, 0.3) is 0 Å². The van der Waals surface area contributed by atoms with Crippen LogP contribution in [0.5, 0.6) is 0 Å². The molecule has 0 heterocycles. The van der Waals surface area contributed by atoms with Crippen molar-refractivity contribution in [3.8, 4) is 0 Å². The van der Waals surface area contributed by atoms with E-state index in [9.17, 15) is 9.59 Å². The number of hydrogen-bond donors (Lipinski definition) is 1. The highest BCUT2D eigenvalue weighted by Crippen LogP contribution is 2.21. The minimum atomic E-state index is 0.0897. The molecule has 0 aromatic rings. The third-order valence-corrected chi connectivity index (χ3v) is 3.82. The molecule has 0 aromatic heterocycles. The summed E-state index contributed by atoms with van der Waals surface area (Å²) in [5.74, 6) is 0.225. The highest BCUT2D eigenvalue weighted by molar-refractivity contribution is 5.76. The maximum absolute atomic E-state index is 11.8. The summed E-state index contributed by atoms with van der Waals surface area (Å²) >= 11 is 0. The van der Waals surface area contributed by atoms with Gasteiger partial charge in [0.25, 0.3) is 0 Å². The van der Waals surface area contributed by atoms with Crippen molar-refractivity contribution >= 4 is 11.8 Å². The zero-order valence-corrected chi connectivity index (χ0v) is 12.4. The van der Waals surface area contributed by atoms with E-state index >= 15 is 0 Å². The Morgan fingerprint density at radius 2 is 1.79 bits per heavy atom. The molecule has 4 nitrogen and oxygen atoms in total. The molecule has 0 atom stereocenters. The van der Waals surface area contributed by atoms with Crippen molar-refractivity contribution in [3.63, 3.8) is 0 Å². The van der Waals surface area contributed by atoms with Crippen LogP contribution >= 0.6 is 0 Å². The fraction of sp³-hybridized carbons (Fsp3) is 0.867. The fourth-order valence-corrected chi connectivity index (χ4v) is 2.80. The lowest BCUT2D eigenvalue weighted by molar-refractivity contribution is -0.132. The lowest BCUT2D eigenvalue weighted by atomic mass is 10.1. The highest BCUT2D eigenvalue weighted by atomic mass is 16.2. The summed E-state index contributed by atoms with van der Waals surface area (Å²) in [5, 5.41) is 2.89. The van der Waals surface area contributed by atoms with Crippen molar-refractivity contribution in [2.45, 2.75) is 71.3 Å². The molecule has 0 aromatic carbocycles. The van der Waals surface area contributed by atoms with Crippen LogP contribution in [0.3, 0.4) is 0 Å². The normalized spacial score (nSPS) is 16.7. The van der Waals surface area contributed by atoms with Crippen LogP contribution in [-0.2, 0) is 9.59 Å². The van der Waals surface area contributed by atoms with Gasteiger partial charge in [0, 0.05) is 32.5 Å². The topological polar surface area (TPSA) is 49.4 Å². The van der Waals surface area contributed by atoms with Crippen molar-refractivity contribution in [1.29, 1.82) is 0 Å². The van der Waals surface area contributed by atoms with Gasteiger partial charge in [-0.3, -0.25) is 9.59 Å². The summed E-state index contributed by atoms with van der Waals surface area (Å²) in [6, 6.07) is 0.378. The maximum atomic E-state index is 11.8. The third-order valence-electron chi connectivity index (χ3n) is 3.82. The number of carbonyl (C=O) groups excluding carboxylic acids is 2. The molecule has 1 N–H and O–H groups in total. The highest BCUT2D eigenvalue weighted by Gasteiger charge is 2.21. The van der Waals surface area contributed by atoms with Gasteiger partial charge in [0.05, 0.1) is 0 Å². The largest absolute Gasteiger partial charge is 0.354 e. The average molecular weight is 268 g/mol. The van der Waals surface area contributed by atoms with Crippen LogP contribution in [0, 0.1) is 0 Å². The van der Waals surface area contributed by atoms with Crippen molar-refractivity contribution in [2.75, 3.05) is 13.1 Å². The standard InChI is InChI=1S/C15H28N2O2/c1-3-8-15(19)16-11-12-17(13(2)18)14-9-6-4-5-7-10-14/h14H,3-12H2,1-2H3,(H,16,19). The molecule has 0 radical (unpaired) electrons. The number of carbonyl (C=O) groups is 2. The van der Waals surface area contributed by atoms with Crippen LogP contribution in [0.1, 0.15) is 65.2 Å². The minimum absolute atomic E-state index is 0.0897. The SMILES string of the molecule is CCCC(=O)NCCN(C(C)=O)C1CCCCCC1. The van der Waals surface area contributed by atoms with Crippen LogP contribution < -0.4 is 5.32 Å². The predicted molar refractivity (Wildman–Crippen MR) is 76.8 cm³/mol. The first-order valence-corrected chi connectivity index (χ1v) is 7.69. The van der Waals surface area contributed by atoms with E-state index in [1.54, 1.807) is 6.92 Å². The lowest BCUT2D eigenvalue weighted by Crippen LogP contribution is -2.43. The molecule has 1 aliphatic carbocycles. The van der Waals surface area contributed by atoms with E-state index in [4.69, 9.17) is 0 Å². The molecule has 4 heteroatoms.